The lowest BCUT2D eigenvalue weighted by atomic mass is 9.79. The number of fused-ring (bicyclic) bond motifs is 14. The van der Waals surface area contributed by atoms with Gasteiger partial charge >= 0.3 is 0 Å². The molecule has 19 rings (SSSR count). The lowest BCUT2D eigenvalue weighted by molar-refractivity contribution is 0.652. The zero-order chi connectivity index (χ0) is 65.4. The summed E-state index contributed by atoms with van der Waals surface area (Å²) in [6, 6.07) is 117. The monoisotopic (exact) mass is 1250 g/mol. The predicted octanol–water partition coefficient (Wildman–Crippen LogP) is 25.8. The number of nitrogens with zero attached hydrogens (tertiary/aromatic N) is 2. The molecule has 0 fully saturated rings. The van der Waals surface area contributed by atoms with Crippen molar-refractivity contribution in [3.63, 3.8) is 0 Å². The predicted molar refractivity (Wildman–Crippen MR) is 418 cm³/mol. The Morgan fingerprint density at radius 3 is 0.878 bits per heavy atom. The Bertz CT molecular complexity index is 5790. The van der Waals surface area contributed by atoms with Crippen LogP contribution in [0.3, 0.4) is 0 Å². The van der Waals surface area contributed by atoms with Crippen molar-refractivity contribution >= 4 is 89.5 Å². The van der Waals surface area contributed by atoms with Gasteiger partial charge in [0.25, 0.3) is 0 Å². The van der Waals surface area contributed by atoms with E-state index in [1.165, 1.54) is 188 Å². The molecule has 2 heteroatoms. The maximum atomic E-state index is 2.53. The van der Waals surface area contributed by atoms with E-state index in [1.54, 1.807) is 0 Å². The van der Waals surface area contributed by atoms with E-state index >= 15 is 0 Å². The van der Waals surface area contributed by atoms with Gasteiger partial charge in [0, 0.05) is 43.1 Å². The number of rotatable bonds is 10. The van der Waals surface area contributed by atoms with Gasteiger partial charge in [0.1, 0.15) is 0 Å². The summed E-state index contributed by atoms with van der Waals surface area (Å²) in [5.74, 6) is 0. The molecule has 2 aliphatic carbocycles. The summed E-state index contributed by atoms with van der Waals surface area (Å²) < 4.78 is 4.85. The first-order chi connectivity index (χ1) is 48.1. The van der Waals surface area contributed by atoms with Gasteiger partial charge in [-0.25, -0.2) is 0 Å². The molecule has 0 bridgehead atoms. The number of hydrogen-bond acceptors (Lipinski definition) is 0. The molecule has 0 radical (unpaired) electrons. The average Bonchev–Trinajstić information content (AvgIpc) is 1.61. The minimum absolute atomic E-state index is 0.161. The molecule has 0 saturated carbocycles. The van der Waals surface area contributed by atoms with E-state index in [-0.39, 0.29) is 10.8 Å². The van der Waals surface area contributed by atoms with Crippen LogP contribution in [0.1, 0.15) is 72.2 Å². The standard InChI is InChI=1S/C96H68N2/c1-95(2)85-57-73(67-43-35-63(36-44-67)29-27-61-31-39-65(40-32-61)71-49-53-93-83(55-71)79-21-9-11-23-91(79)97(93)89-25-13-17-69-15-5-7-19-75(69)89)47-51-77(85)81-60-88-82(59-87(81)95)78-52-48-74(58-86(78)96(88,3)4)68-45-37-64(38-46-68)30-28-62-33-41-66(42-34-62)72-50-54-94-84(56-72)80-22-10-12-24-92(80)98(94)90-26-14-18-70-16-6-8-20-76(70)90/h5-60H,1-4H3. The minimum Gasteiger partial charge on any atom is -0.309 e. The number of hydrogen-bond donors (Lipinski definition) is 0. The molecule has 2 heterocycles. The second kappa shape index (κ2) is 22.2. The van der Waals surface area contributed by atoms with Gasteiger partial charge in [0.15, 0.2) is 0 Å². The van der Waals surface area contributed by atoms with Crippen molar-refractivity contribution in [1.82, 2.24) is 9.13 Å². The highest BCUT2D eigenvalue weighted by atomic mass is 15.0. The summed E-state index contributed by atoms with van der Waals surface area (Å²) in [4.78, 5) is 0. The molecule has 0 unspecified atom stereocenters. The van der Waals surface area contributed by atoms with Gasteiger partial charge in [-0.15, -0.1) is 0 Å². The Balaban J connectivity index is 0.523. The fourth-order valence-electron chi connectivity index (χ4n) is 16.5. The number of para-hydroxylation sites is 2. The Morgan fingerprint density at radius 1 is 0.214 bits per heavy atom. The third-order valence-corrected chi connectivity index (χ3v) is 21.7. The van der Waals surface area contributed by atoms with E-state index in [0.717, 1.165) is 0 Å². The van der Waals surface area contributed by atoms with Crippen molar-refractivity contribution in [3.05, 3.63) is 360 Å². The fourth-order valence-corrected chi connectivity index (χ4v) is 16.5. The van der Waals surface area contributed by atoms with Crippen molar-refractivity contribution in [1.29, 1.82) is 0 Å². The SMILES string of the molecule is CC1(C)c2cc(-c3ccc(C=Cc4ccc(-c5ccc6c(c5)c5ccccc5n6-c5cccc6ccccc56)cc4)cc3)ccc2-c2cc3c(cc21)-c1ccc(-c2ccc(C=Cc4ccc(-c5ccc6c(c5)c5ccccc5n6-c5cccc6ccccc56)cc4)cc2)cc1C3(C)C. The first kappa shape index (κ1) is 57.4. The minimum atomic E-state index is -0.161. The molecule has 0 amide bonds. The van der Waals surface area contributed by atoms with Crippen LogP contribution in [0, 0.1) is 0 Å². The molecule has 0 atom stereocenters. The van der Waals surface area contributed by atoms with E-state index in [4.69, 9.17) is 0 Å². The van der Waals surface area contributed by atoms with Crippen molar-refractivity contribution in [3.8, 4) is 78.1 Å². The van der Waals surface area contributed by atoms with Crippen LogP contribution in [0.25, 0.3) is 168 Å². The van der Waals surface area contributed by atoms with Crippen LogP contribution in [0.4, 0.5) is 0 Å². The van der Waals surface area contributed by atoms with Crippen LogP contribution < -0.4 is 0 Å². The van der Waals surface area contributed by atoms with E-state index in [2.05, 4.69) is 377 Å². The molecular formula is C96H68N2. The van der Waals surface area contributed by atoms with Crippen molar-refractivity contribution < 1.29 is 0 Å². The zero-order valence-electron chi connectivity index (χ0n) is 55.2. The molecule has 2 aliphatic rings. The lowest BCUT2D eigenvalue weighted by Crippen LogP contribution is -2.17. The zero-order valence-corrected chi connectivity index (χ0v) is 55.2. The average molecular weight is 1250 g/mol. The topological polar surface area (TPSA) is 9.86 Å². The van der Waals surface area contributed by atoms with Crippen molar-refractivity contribution in [2.75, 3.05) is 0 Å². The van der Waals surface area contributed by atoms with E-state index in [0.29, 0.717) is 0 Å². The smallest absolute Gasteiger partial charge is 0.0541 e. The summed E-state index contributed by atoms with van der Waals surface area (Å²) >= 11 is 0. The molecule has 2 nitrogen and oxygen atoms in total. The first-order valence-electron chi connectivity index (χ1n) is 34.4. The maximum absolute atomic E-state index is 2.53. The van der Waals surface area contributed by atoms with Gasteiger partial charge in [-0.1, -0.05) is 295 Å². The summed E-state index contributed by atoms with van der Waals surface area (Å²) in [5, 5.41) is 10.0. The summed E-state index contributed by atoms with van der Waals surface area (Å²) in [6.07, 6.45) is 8.89. The summed E-state index contributed by atoms with van der Waals surface area (Å²) in [5.41, 5.74) is 32.4. The van der Waals surface area contributed by atoms with Gasteiger partial charge in [0.05, 0.1) is 33.4 Å². The fraction of sp³-hybridized carbons (Fsp3) is 0.0625. The Hall–Kier alpha value is -12.1. The van der Waals surface area contributed by atoms with Crippen LogP contribution in [0.5, 0.6) is 0 Å². The quantitative estimate of drug-likeness (QED) is 0.121. The highest BCUT2D eigenvalue weighted by Gasteiger charge is 2.42. The number of benzene rings is 15. The largest absolute Gasteiger partial charge is 0.309 e. The molecule has 0 spiro atoms. The Kier molecular flexibility index (Phi) is 13.0. The third-order valence-electron chi connectivity index (χ3n) is 21.7. The van der Waals surface area contributed by atoms with Gasteiger partial charge in [0.2, 0.25) is 0 Å². The molecule has 98 heavy (non-hydrogen) atoms. The Labute approximate surface area is 571 Å². The molecule has 15 aromatic carbocycles. The molecular weight excluding hydrogens is 1180 g/mol. The van der Waals surface area contributed by atoms with E-state index in [1.807, 2.05) is 0 Å². The second-order valence-electron chi connectivity index (χ2n) is 28.0. The number of aromatic nitrogens is 2. The molecule has 462 valence electrons. The van der Waals surface area contributed by atoms with Crippen molar-refractivity contribution in [2.24, 2.45) is 0 Å². The summed E-state index contributed by atoms with van der Waals surface area (Å²) in [7, 11) is 0. The van der Waals surface area contributed by atoms with E-state index < -0.39 is 0 Å². The first-order valence-corrected chi connectivity index (χ1v) is 34.4. The van der Waals surface area contributed by atoms with Gasteiger partial charge in [-0.3, -0.25) is 0 Å². The Morgan fingerprint density at radius 2 is 0.500 bits per heavy atom. The molecule has 0 saturated heterocycles. The summed E-state index contributed by atoms with van der Waals surface area (Å²) in [6.45, 7) is 9.65. The molecule has 17 aromatic rings. The molecule has 0 aliphatic heterocycles. The van der Waals surface area contributed by atoms with Gasteiger partial charge < -0.3 is 9.13 Å². The maximum Gasteiger partial charge on any atom is 0.0541 e. The normalized spacial score (nSPS) is 13.6. The van der Waals surface area contributed by atoms with Crippen LogP contribution in [-0.2, 0) is 10.8 Å². The lowest BCUT2D eigenvalue weighted by Gasteiger charge is -2.24. The van der Waals surface area contributed by atoms with Crippen molar-refractivity contribution in [2.45, 2.75) is 38.5 Å². The van der Waals surface area contributed by atoms with E-state index in [9.17, 15) is 0 Å². The van der Waals surface area contributed by atoms with Crippen LogP contribution in [0.15, 0.2) is 315 Å². The third kappa shape index (κ3) is 9.23. The van der Waals surface area contributed by atoms with Gasteiger partial charge in [-0.2, -0.15) is 0 Å². The molecule has 0 N–H and O–H groups in total. The van der Waals surface area contributed by atoms with Crippen LogP contribution in [0.2, 0.25) is 0 Å². The van der Waals surface area contributed by atoms with Crippen LogP contribution in [-0.4, -0.2) is 9.13 Å². The second-order valence-corrected chi connectivity index (χ2v) is 28.0. The molecule has 2 aromatic heterocycles. The highest BCUT2D eigenvalue weighted by molar-refractivity contribution is 6.13. The van der Waals surface area contributed by atoms with Crippen LogP contribution >= 0.6 is 0 Å². The van der Waals surface area contributed by atoms with Gasteiger partial charge in [-0.05, 0) is 195 Å². The highest BCUT2D eigenvalue weighted by Crippen LogP contribution is 2.57.